The van der Waals surface area contributed by atoms with E-state index in [0.717, 1.165) is 22.9 Å². The molecule has 1 N–H and O–H groups in total. The number of carbonyl (C=O) groups is 1. The fourth-order valence-electron chi connectivity index (χ4n) is 2.89. The molecule has 1 aliphatic carbocycles. The van der Waals surface area contributed by atoms with Crippen LogP contribution in [0.5, 0.6) is 11.5 Å². The average molecular weight is 420 g/mol. The number of carbonyl (C=O) groups excluding carboxylic acids is 1. The Morgan fingerprint density at radius 2 is 1.81 bits per heavy atom. The molecule has 0 aromatic heterocycles. The van der Waals surface area contributed by atoms with Crippen LogP contribution in [0.4, 0.5) is 5.69 Å². The van der Waals surface area contributed by atoms with Crippen molar-refractivity contribution < 1.29 is 19.0 Å². The van der Waals surface area contributed by atoms with Crippen LogP contribution in [0.3, 0.4) is 0 Å². The average Bonchev–Trinajstić information content (AvgIpc) is 3.45. The maximum atomic E-state index is 12.9. The van der Waals surface area contributed by atoms with Gasteiger partial charge in [0.2, 0.25) is 5.91 Å². The highest BCUT2D eigenvalue weighted by Gasteiger charge is 2.51. The molecule has 2 aromatic rings. The maximum Gasteiger partial charge on any atom is 0.235 e. The van der Waals surface area contributed by atoms with Crippen LogP contribution in [0, 0.1) is 0 Å². The van der Waals surface area contributed by atoms with Crippen LogP contribution in [0.25, 0.3) is 0 Å². The van der Waals surface area contributed by atoms with Gasteiger partial charge in [-0.3, -0.25) is 4.79 Å². The van der Waals surface area contributed by atoms with Gasteiger partial charge in [0.1, 0.15) is 6.61 Å². The van der Waals surface area contributed by atoms with Gasteiger partial charge in [-0.15, -0.1) is 0 Å². The van der Waals surface area contributed by atoms with Crippen molar-refractivity contribution in [1.82, 2.24) is 0 Å². The lowest BCUT2D eigenvalue weighted by Crippen LogP contribution is -2.27. The minimum Gasteiger partial charge on any atom is -0.493 e. The van der Waals surface area contributed by atoms with E-state index in [9.17, 15) is 4.79 Å². The van der Waals surface area contributed by atoms with Crippen molar-refractivity contribution in [2.24, 2.45) is 0 Å². The van der Waals surface area contributed by atoms with Crippen LogP contribution in [0.1, 0.15) is 18.4 Å². The van der Waals surface area contributed by atoms with Gasteiger partial charge in [-0.05, 0) is 42.7 Å². The van der Waals surface area contributed by atoms with Gasteiger partial charge in [0.25, 0.3) is 0 Å². The number of rotatable bonds is 8. The van der Waals surface area contributed by atoms with Crippen LogP contribution >= 0.6 is 15.9 Å². The summed E-state index contributed by atoms with van der Waals surface area (Å²) in [5, 5.41) is 3.02. The number of hydrogen-bond acceptors (Lipinski definition) is 4. The number of hydrogen-bond donors (Lipinski definition) is 1. The lowest BCUT2D eigenvalue weighted by atomic mass is 9.95. The molecule has 2 aromatic carbocycles. The van der Waals surface area contributed by atoms with Gasteiger partial charge in [-0.2, -0.15) is 0 Å². The Balaban J connectivity index is 1.74. The van der Waals surface area contributed by atoms with E-state index < -0.39 is 5.41 Å². The Hall–Kier alpha value is -2.05. The third-order valence-electron chi connectivity index (χ3n) is 4.55. The van der Waals surface area contributed by atoms with Crippen molar-refractivity contribution in [3.63, 3.8) is 0 Å². The number of benzene rings is 2. The lowest BCUT2D eigenvalue weighted by Gasteiger charge is -2.17. The molecular weight excluding hydrogens is 398 g/mol. The smallest absolute Gasteiger partial charge is 0.235 e. The fraction of sp³-hybridized carbons (Fsp3) is 0.350. The van der Waals surface area contributed by atoms with E-state index in [0.29, 0.717) is 30.4 Å². The standard InChI is InChI=1S/C20H22BrNO4/c1-24-11-12-26-18-13-16(7-8-17(18)25-2)22-19(23)20(9-10-20)14-3-5-15(21)6-4-14/h3-8,13H,9-12H2,1-2H3,(H,22,23). The molecule has 0 atom stereocenters. The molecule has 6 heteroatoms. The zero-order valence-electron chi connectivity index (χ0n) is 14.9. The SMILES string of the molecule is COCCOc1cc(NC(=O)C2(c3ccc(Br)cc3)CC2)ccc1OC. The zero-order chi connectivity index (χ0) is 18.6. The van der Waals surface area contributed by atoms with Gasteiger partial charge in [-0.1, -0.05) is 28.1 Å². The van der Waals surface area contributed by atoms with Crippen molar-refractivity contribution in [3.05, 3.63) is 52.5 Å². The molecule has 138 valence electrons. The number of methoxy groups -OCH3 is 2. The Bertz CT molecular complexity index is 772. The third-order valence-corrected chi connectivity index (χ3v) is 5.08. The van der Waals surface area contributed by atoms with E-state index in [4.69, 9.17) is 14.2 Å². The molecule has 0 bridgehead atoms. The van der Waals surface area contributed by atoms with Crippen LogP contribution in [0.15, 0.2) is 46.9 Å². The predicted molar refractivity (Wildman–Crippen MR) is 104 cm³/mol. The Morgan fingerprint density at radius 3 is 2.42 bits per heavy atom. The first kappa shape index (κ1) is 18.7. The Kier molecular flexibility index (Phi) is 5.84. The molecule has 26 heavy (non-hydrogen) atoms. The second-order valence-corrected chi connectivity index (χ2v) is 7.17. The van der Waals surface area contributed by atoms with Crippen LogP contribution in [-0.2, 0) is 14.9 Å². The van der Waals surface area contributed by atoms with E-state index in [1.807, 2.05) is 30.3 Å². The second-order valence-electron chi connectivity index (χ2n) is 6.25. The molecule has 0 unspecified atom stereocenters. The first-order valence-corrected chi connectivity index (χ1v) is 9.25. The summed E-state index contributed by atoms with van der Waals surface area (Å²) in [5.74, 6) is 1.21. The van der Waals surface area contributed by atoms with E-state index in [-0.39, 0.29) is 5.91 Å². The molecule has 0 radical (unpaired) electrons. The van der Waals surface area contributed by atoms with E-state index in [2.05, 4.69) is 21.2 Å². The highest BCUT2D eigenvalue weighted by atomic mass is 79.9. The van der Waals surface area contributed by atoms with Crippen LogP contribution < -0.4 is 14.8 Å². The Morgan fingerprint density at radius 1 is 1.08 bits per heavy atom. The van der Waals surface area contributed by atoms with Crippen molar-refractivity contribution in [2.45, 2.75) is 18.3 Å². The summed E-state index contributed by atoms with van der Waals surface area (Å²) in [5.41, 5.74) is 1.30. The van der Waals surface area contributed by atoms with Crippen molar-refractivity contribution >= 4 is 27.5 Å². The minimum absolute atomic E-state index is 0.00725. The first-order valence-electron chi connectivity index (χ1n) is 8.46. The van der Waals surface area contributed by atoms with Crippen molar-refractivity contribution in [3.8, 4) is 11.5 Å². The second kappa shape index (κ2) is 8.10. The lowest BCUT2D eigenvalue weighted by molar-refractivity contribution is -0.118. The molecule has 1 aliphatic rings. The van der Waals surface area contributed by atoms with Crippen molar-refractivity contribution in [2.75, 3.05) is 32.8 Å². The van der Waals surface area contributed by atoms with Crippen molar-refractivity contribution in [1.29, 1.82) is 0 Å². The normalized spacial score (nSPS) is 14.6. The molecule has 0 heterocycles. The molecule has 5 nitrogen and oxygen atoms in total. The van der Waals surface area contributed by atoms with Gasteiger partial charge in [0, 0.05) is 23.3 Å². The monoisotopic (exact) mass is 419 g/mol. The van der Waals surface area contributed by atoms with E-state index >= 15 is 0 Å². The number of nitrogens with one attached hydrogen (secondary N) is 1. The third kappa shape index (κ3) is 4.02. The quantitative estimate of drug-likeness (QED) is 0.652. The molecular formula is C20H22BrNO4. The topological polar surface area (TPSA) is 56.8 Å². The molecule has 0 spiro atoms. The molecule has 1 amide bonds. The van der Waals surface area contributed by atoms with Crippen LogP contribution in [0.2, 0.25) is 0 Å². The number of ether oxygens (including phenoxy) is 3. The van der Waals surface area contributed by atoms with Gasteiger partial charge in [0.15, 0.2) is 11.5 Å². The predicted octanol–water partition coefficient (Wildman–Crippen LogP) is 4.15. The van der Waals surface area contributed by atoms with Gasteiger partial charge >= 0.3 is 0 Å². The molecule has 0 saturated heterocycles. The summed E-state index contributed by atoms with van der Waals surface area (Å²) >= 11 is 3.44. The number of amides is 1. The number of halogens is 1. The first-order chi connectivity index (χ1) is 12.6. The van der Waals surface area contributed by atoms with Gasteiger partial charge in [-0.25, -0.2) is 0 Å². The molecule has 1 fully saturated rings. The highest BCUT2D eigenvalue weighted by Crippen LogP contribution is 2.49. The number of anilines is 1. The molecule has 3 rings (SSSR count). The van der Waals surface area contributed by atoms with E-state index in [1.165, 1.54) is 0 Å². The van der Waals surface area contributed by atoms with E-state index in [1.54, 1.807) is 26.4 Å². The Labute approximate surface area is 161 Å². The van der Waals surface area contributed by atoms with Gasteiger partial charge < -0.3 is 19.5 Å². The van der Waals surface area contributed by atoms with Crippen LogP contribution in [-0.4, -0.2) is 33.3 Å². The molecule has 0 aliphatic heterocycles. The zero-order valence-corrected chi connectivity index (χ0v) is 16.5. The largest absolute Gasteiger partial charge is 0.493 e. The summed E-state index contributed by atoms with van der Waals surface area (Å²) in [6.07, 6.45) is 1.71. The summed E-state index contributed by atoms with van der Waals surface area (Å²) in [6.45, 7) is 0.888. The fourth-order valence-corrected chi connectivity index (χ4v) is 3.16. The summed E-state index contributed by atoms with van der Waals surface area (Å²) in [4.78, 5) is 12.9. The molecule has 1 saturated carbocycles. The summed E-state index contributed by atoms with van der Waals surface area (Å²) in [6, 6.07) is 13.3. The minimum atomic E-state index is -0.433. The summed E-state index contributed by atoms with van der Waals surface area (Å²) < 4.78 is 17.0. The highest BCUT2D eigenvalue weighted by molar-refractivity contribution is 9.10. The summed E-state index contributed by atoms with van der Waals surface area (Å²) in [7, 11) is 3.21. The van der Waals surface area contributed by atoms with Gasteiger partial charge in [0.05, 0.1) is 19.1 Å². The maximum absolute atomic E-state index is 12.9.